The zero-order valence-corrected chi connectivity index (χ0v) is 5.79. The second-order valence-corrected chi connectivity index (χ2v) is 2.37. The van der Waals surface area contributed by atoms with E-state index in [1.807, 2.05) is 18.9 Å². The minimum atomic E-state index is 0.0197. The molecule has 0 aliphatic carbocycles. The summed E-state index contributed by atoms with van der Waals surface area (Å²) in [6, 6.07) is 0. The van der Waals surface area contributed by atoms with Crippen LogP contribution in [0.4, 0.5) is 0 Å². The van der Waals surface area contributed by atoms with E-state index in [1.165, 1.54) is 0 Å². The van der Waals surface area contributed by atoms with Gasteiger partial charge >= 0.3 is 0 Å². The summed E-state index contributed by atoms with van der Waals surface area (Å²) in [5, 5.41) is 2.95. The van der Waals surface area contributed by atoms with E-state index in [1.54, 1.807) is 0 Å². The van der Waals surface area contributed by atoms with E-state index in [0.29, 0.717) is 6.67 Å². The van der Waals surface area contributed by atoms with Gasteiger partial charge in [0, 0.05) is 16.6 Å². The van der Waals surface area contributed by atoms with Gasteiger partial charge in [-0.15, -0.1) is 0 Å². The molecule has 0 saturated carbocycles. The Morgan fingerprint density at radius 1 is 1.78 bits per heavy atom. The summed E-state index contributed by atoms with van der Waals surface area (Å²) in [5.41, 5.74) is 0. The van der Waals surface area contributed by atoms with Crippen LogP contribution < -0.4 is 5.32 Å². The molecule has 0 aromatic rings. The van der Waals surface area contributed by atoms with Crippen LogP contribution in [-0.4, -0.2) is 36.2 Å². The van der Waals surface area contributed by atoms with Gasteiger partial charge in [0.05, 0.1) is 6.67 Å². The third kappa shape index (κ3) is 1.25. The third-order valence-electron chi connectivity index (χ3n) is 1.68. The van der Waals surface area contributed by atoms with E-state index in [4.69, 9.17) is 0 Å². The molecule has 9 heavy (non-hydrogen) atoms. The van der Waals surface area contributed by atoms with Gasteiger partial charge in [0.15, 0.2) is 0 Å². The Kier molecular flexibility index (Phi) is 1.78. The summed E-state index contributed by atoms with van der Waals surface area (Å²) in [6.45, 7) is 3.15. The molecule has 1 atom stereocenters. The average molecular weight is 130 g/mol. The molecule has 1 heterocycles. The standard InChI is InChI=1S/C5H12N3O/c1-5-7(2)3-6-4-8(5)9/h5-6H,3-4H2,1-2H3/q+1. The molecule has 1 aliphatic rings. The SMILES string of the molecule is CC1N(C)CNC[N+]1=O. The van der Waals surface area contributed by atoms with E-state index in [-0.39, 0.29) is 6.17 Å². The predicted molar refractivity (Wildman–Crippen MR) is 33.7 cm³/mol. The molecule has 1 N–H and O–H groups in total. The first-order valence-corrected chi connectivity index (χ1v) is 3.06. The fourth-order valence-electron chi connectivity index (χ4n) is 0.821. The van der Waals surface area contributed by atoms with Crippen molar-refractivity contribution in [3.05, 3.63) is 4.91 Å². The summed E-state index contributed by atoms with van der Waals surface area (Å²) in [4.78, 5) is 12.8. The van der Waals surface area contributed by atoms with Crippen LogP contribution in [0.5, 0.6) is 0 Å². The number of hydrogen-bond donors (Lipinski definition) is 1. The summed E-state index contributed by atoms with van der Waals surface area (Å²) in [6.07, 6.45) is 0.0197. The lowest BCUT2D eigenvalue weighted by atomic mass is 10.4. The van der Waals surface area contributed by atoms with E-state index < -0.39 is 0 Å². The number of rotatable bonds is 0. The summed E-state index contributed by atoms with van der Waals surface area (Å²) >= 11 is 0. The molecule has 0 amide bonds. The van der Waals surface area contributed by atoms with Crippen molar-refractivity contribution in [3.63, 3.8) is 0 Å². The molecule has 1 aliphatic heterocycles. The van der Waals surface area contributed by atoms with Gasteiger partial charge in [0.2, 0.25) is 6.67 Å². The Morgan fingerprint density at radius 3 is 2.89 bits per heavy atom. The van der Waals surface area contributed by atoms with Gasteiger partial charge in [-0.05, 0) is 7.05 Å². The van der Waals surface area contributed by atoms with Crippen LogP contribution in [0, 0.1) is 4.91 Å². The van der Waals surface area contributed by atoms with Crippen molar-refractivity contribution < 1.29 is 4.76 Å². The highest BCUT2D eigenvalue weighted by Gasteiger charge is 2.27. The highest BCUT2D eigenvalue weighted by molar-refractivity contribution is 4.52. The van der Waals surface area contributed by atoms with E-state index >= 15 is 0 Å². The lowest BCUT2D eigenvalue weighted by molar-refractivity contribution is -0.621. The maximum Gasteiger partial charge on any atom is 0.256 e. The Morgan fingerprint density at radius 2 is 2.44 bits per heavy atom. The zero-order valence-electron chi connectivity index (χ0n) is 5.79. The van der Waals surface area contributed by atoms with Crippen LogP contribution in [0.2, 0.25) is 0 Å². The summed E-state index contributed by atoms with van der Waals surface area (Å²) in [5.74, 6) is 0. The molecule has 4 heteroatoms. The quantitative estimate of drug-likeness (QED) is 0.451. The van der Waals surface area contributed by atoms with Crippen LogP contribution in [0.25, 0.3) is 0 Å². The maximum absolute atomic E-state index is 10.8. The molecular weight excluding hydrogens is 118 g/mol. The van der Waals surface area contributed by atoms with Gasteiger partial charge in [-0.2, -0.15) is 0 Å². The highest BCUT2D eigenvalue weighted by atomic mass is 16.3. The van der Waals surface area contributed by atoms with Crippen molar-refractivity contribution in [3.8, 4) is 0 Å². The van der Waals surface area contributed by atoms with Crippen molar-refractivity contribution in [2.45, 2.75) is 13.1 Å². The third-order valence-corrected chi connectivity index (χ3v) is 1.68. The molecule has 1 rings (SSSR count). The van der Waals surface area contributed by atoms with Crippen LogP contribution in [-0.2, 0) is 0 Å². The van der Waals surface area contributed by atoms with Crippen LogP contribution in [0.3, 0.4) is 0 Å². The molecule has 1 unspecified atom stereocenters. The molecule has 1 saturated heterocycles. The lowest BCUT2D eigenvalue weighted by Gasteiger charge is -2.22. The number of nitrogens with zero attached hydrogens (tertiary/aromatic N) is 2. The number of hydrogen-bond acceptors (Lipinski definition) is 3. The zero-order chi connectivity index (χ0) is 6.85. The first-order valence-electron chi connectivity index (χ1n) is 3.06. The molecule has 0 aromatic heterocycles. The number of nitrogens with one attached hydrogen (secondary N) is 1. The van der Waals surface area contributed by atoms with Gasteiger partial charge in [0.25, 0.3) is 6.17 Å². The molecule has 1 fully saturated rings. The fourth-order valence-corrected chi connectivity index (χ4v) is 0.821. The Bertz CT molecular complexity index is 125. The summed E-state index contributed by atoms with van der Waals surface area (Å²) < 4.78 is 1.02. The van der Waals surface area contributed by atoms with Crippen LogP contribution >= 0.6 is 0 Å². The van der Waals surface area contributed by atoms with Crippen molar-refractivity contribution in [1.82, 2.24) is 10.2 Å². The first kappa shape index (κ1) is 6.64. The molecule has 0 spiro atoms. The lowest BCUT2D eigenvalue weighted by Crippen LogP contribution is -2.51. The minimum Gasteiger partial charge on any atom is -0.245 e. The van der Waals surface area contributed by atoms with Gasteiger partial charge in [-0.3, -0.25) is 0 Å². The first-order chi connectivity index (χ1) is 4.22. The van der Waals surface area contributed by atoms with Crippen LogP contribution in [0.15, 0.2) is 0 Å². The van der Waals surface area contributed by atoms with Gasteiger partial charge in [-0.1, -0.05) is 0 Å². The van der Waals surface area contributed by atoms with Crippen molar-refractivity contribution in [1.29, 1.82) is 0 Å². The Hall–Kier alpha value is -0.480. The van der Waals surface area contributed by atoms with E-state index in [9.17, 15) is 4.91 Å². The smallest absolute Gasteiger partial charge is 0.245 e. The minimum absolute atomic E-state index is 0.0197. The fraction of sp³-hybridized carbons (Fsp3) is 1.00. The Balaban J connectivity index is 2.51. The van der Waals surface area contributed by atoms with Crippen molar-refractivity contribution in [2.24, 2.45) is 0 Å². The average Bonchev–Trinajstić information content (AvgIpc) is 1.83. The van der Waals surface area contributed by atoms with E-state index in [0.717, 1.165) is 11.4 Å². The van der Waals surface area contributed by atoms with E-state index in [2.05, 4.69) is 5.32 Å². The van der Waals surface area contributed by atoms with Crippen LogP contribution in [0.1, 0.15) is 6.92 Å². The topological polar surface area (TPSA) is 35.4 Å². The van der Waals surface area contributed by atoms with Gasteiger partial charge in [0.1, 0.15) is 0 Å². The molecule has 52 valence electrons. The van der Waals surface area contributed by atoms with Gasteiger partial charge in [-0.25, -0.2) is 10.2 Å². The van der Waals surface area contributed by atoms with Gasteiger partial charge < -0.3 is 0 Å². The normalized spacial score (nSPS) is 30.9. The predicted octanol–water partition coefficient (Wildman–Crippen LogP) is -0.439. The molecule has 0 bridgehead atoms. The molecular formula is C5H12N3O+. The largest absolute Gasteiger partial charge is 0.256 e. The van der Waals surface area contributed by atoms with Crippen molar-refractivity contribution in [2.75, 3.05) is 20.4 Å². The second-order valence-electron chi connectivity index (χ2n) is 2.37. The number of nitroso groups, excluding NO2 is 1. The monoisotopic (exact) mass is 130 g/mol. The summed E-state index contributed by atoms with van der Waals surface area (Å²) in [7, 11) is 1.92. The maximum atomic E-state index is 10.8. The molecule has 0 radical (unpaired) electrons. The molecule has 4 nitrogen and oxygen atoms in total. The molecule has 0 aromatic carbocycles. The second kappa shape index (κ2) is 2.41. The Labute approximate surface area is 54.4 Å². The van der Waals surface area contributed by atoms with Crippen molar-refractivity contribution >= 4 is 0 Å². The highest BCUT2D eigenvalue weighted by Crippen LogP contribution is 1.97.